The van der Waals surface area contributed by atoms with Gasteiger partial charge in [-0.05, 0) is 55.3 Å². The molecule has 2 rings (SSSR count). The van der Waals surface area contributed by atoms with Crippen molar-refractivity contribution >= 4 is 0 Å². The Kier molecular flexibility index (Phi) is 4.55. The lowest BCUT2D eigenvalue weighted by atomic mass is 9.59. The molecule has 100 valence electrons. The standard InChI is InChI=1S/C17H32/c1-14(2)7-6-8-15(3)11-16-12-17(13-16)9-4-5-10-17/h14-16H,4-13H2,1-3H3. The molecule has 0 aromatic heterocycles. The van der Waals surface area contributed by atoms with Crippen LogP contribution in [0.5, 0.6) is 0 Å². The zero-order chi connectivity index (χ0) is 12.3. The molecule has 0 heterocycles. The molecule has 0 nitrogen and oxygen atoms in total. The van der Waals surface area contributed by atoms with E-state index in [0.717, 1.165) is 23.2 Å². The number of rotatable bonds is 6. The quantitative estimate of drug-likeness (QED) is 0.546. The molecule has 0 radical (unpaired) electrons. The molecule has 0 aromatic rings. The highest BCUT2D eigenvalue weighted by atomic mass is 14.5. The summed E-state index contributed by atoms with van der Waals surface area (Å²) < 4.78 is 0. The van der Waals surface area contributed by atoms with Gasteiger partial charge in [0, 0.05) is 0 Å². The Bertz CT molecular complexity index is 214. The van der Waals surface area contributed by atoms with E-state index < -0.39 is 0 Å². The van der Waals surface area contributed by atoms with Gasteiger partial charge in [-0.2, -0.15) is 0 Å². The third-order valence-corrected chi connectivity index (χ3v) is 5.32. The van der Waals surface area contributed by atoms with Crippen LogP contribution in [0.4, 0.5) is 0 Å². The lowest BCUT2D eigenvalue weighted by Crippen LogP contribution is -2.35. The maximum Gasteiger partial charge on any atom is -0.0292 e. The van der Waals surface area contributed by atoms with Gasteiger partial charge in [0.1, 0.15) is 0 Å². The largest absolute Gasteiger partial charge is 0.0628 e. The first-order valence-electron chi connectivity index (χ1n) is 8.10. The van der Waals surface area contributed by atoms with E-state index in [1.54, 1.807) is 25.7 Å². The summed E-state index contributed by atoms with van der Waals surface area (Å²) in [7, 11) is 0. The van der Waals surface area contributed by atoms with Crippen molar-refractivity contribution in [1.82, 2.24) is 0 Å². The molecule has 0 heteroatoms. The fraction of sp³-hybridized carbons (Fsp3) is 1.00. The zero-order valence-electron chi connectivity index (χ0n) is 12.3. The number of hydrogen-bond acceptors (Lipinski definition) is 0. The van der Waals surface area contributed by atoms with Crippen molar-refractivity contribution < 1.29 is 0 Å². The van der Waals surface area contributed by atoms with Crippen LogP contribution in [0.2, 0.25) is 0 Å². The lowest BCUT2D eigenvalue weighted by molar-refractivity contribution is 0.0458. The predicted octanol–water partition coefficient (Wildman–Crippen LogP) is 5.81. The van der Waals surface area contributed by atoms with Crippen LogP contribution in [-0.4, -0.2) is 0 Å². The Morgan fingerprint density at radius 1 is 1.00 bits per heavy atom. The van der Waals surface area contributed by atoms with E-state index in [0.29, 0.717) is 0 Å². The average Bonchev–Trinajstić information content (AvgIpc) is 2.65. The van der Waals surface area contributed by atoms with E-state index in [-0.39, 0.29) is 0 Å². The molecule has 0 aromatic carbocycles. The van der Waals surface area contributed by atoms with E-state index in [2.05, 4.69) is 20.8 Å². The van der Waals surface area contributed by atoms with Crippen molar-refractivity contribution in [2.45, 2.75) is 85.0 Å². The van der Waals surface area contributed by atoms with Gasteiger partial charge in [-0.1, -0.05) is 52.9 Å². The first kappa shape index (κ1) is 13.4. The van der Waals surface area contributed by atoms with Crippen LogP contribution in [0.25, 0.3) is 0 Å². The van der Waals surface area contributed by atoms with Crippen LogP contribution in [-0.2, 0) is 0 Å². The van der Waals surface area contributed by atoms with Crippen LogP contribution >= 0.6 is 0 Å². The van der Waals surface area contributed by atoms with Crippen LogP contribution in [0, 0.1) is 23.2 Å². The molecular formula is C17H32. The molecule has 0 N–H and O–H groups in total. The third kappa shape index (κ3) is 3.73. The first-order chi connectivity index (χ1) is 8.10. The summed E-state index contributed by atoms with van der Waals surface area (Å²) in [6, 6.07) is 0. The van der Waals surface area contributed by atoms with Crippen LogP contribution in [0.3, 0.4) is 0 Å². The molecule has 0 saturated heterocycles. The van der Waals surface area contributed by atoms with Gasteiger partial charge in [-0.25, -0.2) is 0 Å². The fourth-order valence-electron chi connectivity index (χ4n) is 4.43. The summed E-state index contributed by atoms with van der Waals surface area (Å²) in [5.41, 5.74) is 0.863. The molecule has 1 atom stereocenters. The smallest absolute Gasteiger partial charge is 0.0292 e. The van der Waals surface area contributed by atoms with Gasteiger partial charge in [0.2, 0.25) is 0 Å². The summed E-state index contributed by atoms with van der Waals surface area (Å²) in [6.45, 7) is 7.18. The monoisotopic (exact) mass is 236 g/mol. The molecule has 2 aliphatic carbocycles. The zero-order valence-corrected chi connectivity index (χ0v) is 12.3. The Labute approximate surface area is 109 Å². The highest BCUT2D eigenvalue weighted by Crippen LogP contribution is 2.57. The minimum absolute atomic E-state index is 0.863. The SMILES string of the molecule is CC(C)CCCC(C)CC1CC2(CCCC2)C1. The first-order valence-corrected chi connectivity index (χ1v) is 8.10. The third-order valence-electron chi connectivity index (χ3n) is 5.32. The molecule has 2 fully saturated rings. The van der Waals surface area contributed by atoms with E-state index in [1.165, 1.54) is 38.5 Å². The molecule has 0 bridgehead atoms. The summed E-state index contributed by atoms with van der Waals surface area (Å²) in [6.07, 6.45) is 15.2. The Morgan fingerprint density at radius 3 is 2.24 bits per heavy atom. The Balaban J connectivity index is 1.56. The summed E-state index contributed by atoms with van der Waals surface area (Å²) >= 11 is 0. The predicted molar refractivity (Wildman–Crippen MR) is 76.1 cm³/mol. The van der Waals surface area contributed by atoms with Gasteiger partial charge in [0.25, 0.3) is 0 Å². The van der Waals surface area contributed by atoms with Crippen molar-refractivity contribution in [3.63, 3.8) is 0 Å². The molecule has 1 spiro atoms. The van der Waals surface area contributed by atoms with Gasteiger partial charge in [0.15, 0.2) is 0 Å². The molecule has 17 heavy (non-hydrogen) atoms. The molecule has 2 saturated carbocycles. The molecule has 0 aliphatic heterocycles. The minimum Gasteiger partial charge on any atom is -0.0628 e. The van der Waals surface area contributed by atoms with Crippen LogP contribution < -0.4 is 0 Å². The van der Waals surface area contributed by atoms with Crippen molar-refractivity contribution in [2.75, 3.05) is 0 Å². The summed E-state index contributed by atoms with van der Waals surface area (Å²) in [5, 5.41) is 0. The average molecular weight is 236 g/mol. The van der Waals surface area contributed by atoms with Crippen molar-refractivity contribution in [2.24, 2.45) is 23.2 Å². The van der Waals surface area contributed by atoms with Crippen molar-refractivity contribution in [3.05, 3.63) is 0 Å². The van der Waals surface area contributed by atoms with Crippen LogP contribution in [0.15, 0.2) is 0 Å². The molecular weight excluding hydrogens is 204 g/mol. The topological polar surface area (TPSA) is 0 Å². The van der Waals surface area contributed by atoms with Gasteiger partial charge in [-0.3, -0.25) is 0 Å². The summed E-state index contributed by atoms with van der Waals surface area (Å²) in [4.78, 5) is 0. The second-order valence-corrected chi connectivity index (χ2v) is 7.65. The minimum atomic E-state index is 0.863. The van der Waals surface area contributed by atoms with Crippen molar-refractivity contribution in [3.8, 4) is 0 Å². The molecule has 2 aliphatic rings. The molecule has 1 unspecified atom stereocenters. The second kappa shape index (κ2) is 5.76. The Hall–Kier alpha value is 0. The second-order valence-electron chi connectivity index (χ2n) is 7.65. The van der Waals surface area contributed by atoms with Gasteiger partial charge < -0.3 is 0 Å². The maximum absolute atomic E-state index is 2.49. The van der Waals surface area contributed by atoms with E-state index in [4.69, 9.17) is 0 Å². The molecule has 0 amide bonds. The normalized spacial score (nSPS) is 25.4. The van der Waals surface area contributed by atoms with Gasteiger partial charge >= 0.3 is 0 Å². The Morgan fingerprint density at radius 2 is 1.65 bits per heavy atom. The van der Waals surface area contributed by atoms with Gasteiger partial charge in [-0.15, -0.1) is 0 Å². The summed E-state index contributed by atoms with van der Waals surface area (Å²) in [5.74, 6) is 2.98. The van der Waals surface area contributed by atoms with Crippen LogP contribution in [0.1, 0.15) is 85.0 Å². The fourth-order valence-corrected chi connectivity index (χ4v) is 4.43. The van der Waals surface area contributed by atoms with E-state index >= 15 is 0 Å². The van der Waals surface area contributed by atoms with E-state index in [1.807, 2.05) is 0 Å². The number of hydrogen-bond donors (Lipinski definition) is 0. The maximum atomic E-state index is 2.49. The van der Waals surface area contributed by atoms with Gasteiger partial charge in [0.05, 0.1) is 0 Å². The lowest BCUT2D eigenvalue weighted by Gasteiger charge is -2.46. The van der Waals surface area contributed by atoms with Crippen molar-refractivity contribution in [1.29, 1.82) is 0 Å². The highest BCUT2D eigenvalue weighted by Gasteiger charge is 2.45. The van der Waals surface area contributed by atoms with E-state index in [9.17, 15) is 0 Å². The highest BCUT2D eigenvalue weighted by molar-refractivity contribution is 4.96.